The quantitative estimate of drug-likeness (QED) is 0.502. The summed E-state index contributed by atoms with van der Waals surface area (Å²) in [5, 5.41) is 4.20. The van der Waals surface area contributed by atoms with Crippen LogP contribution in [-0.2, 0) is 13.0 Å². The first-order chi connectivity index (χ1) is 14.2. The molecule has 1 heterocycles. The molecule has 4 nitrogen and oxygen atoms in total. The summed E-state index contributed by atoms with van der Waals surface area (Å²) in [4.78, 5) is 2.28. The van der Waals surface area contributed by atoms with E-state index in [2.05, 4.69) is 65.7 Å². The molecule has 0 spiro atoms. The van der Waals surface area contributed by atoms with E-state index >= 15 is 0 Å². The minimum absolute atomic E-state index is 0.296. The first-order valence-corrected chi connectivity index (χ1v) is 10.8. The van der Waals surface area contributed by atoms with Crippen molar-refractivity contribution in [2.75, 3.05) is 18.7 Å². The standard InChI is InChI=1S/C24H28N2O2S/c1-2-18-8-11-21(12-9-18)25-24(29)26(15-19-6-4-3-5-7-19)16-20-10-13-22-23(14-20)28-17-27-22/h3-4,8-14,19H,2,5-7,15-17H2,1H3,(H,25,29). The number of hydrogen-bond acceptors (Lipinski definition) is 3. The molecule has 1 N–H and O–H groups in total. The predicted molar refractivity (Wildman–Crippen MR) is 121 cm³/mol. The van der Waals surface area contributed by atoms with E-state index in [4.69, 9.17) is 21.7 Å². The Balaban J connectivity index is 1.48. The highest BCUT2D eigenvalue weighted by atomic mass is 32.1. The van der Waals surface area contributed by atoms with Crippen LogP contribution in [0.1, 0.15) is 37.3 Å². The van der Waals surface area contributed by atoms with Crippen LogP contribution < -0.4 is 14.8 Å². The molecule has 2 aliphatic rings. The summed E-state index contributed by atoms with van der Waals surface area (Å²) in [6.45, 7) is 4.15. The minimum Gasteiger partial charge on any atom is -0.454 e. The molecule has 1 aliphatic heterocycles. The molecule has 2 aromatic carbocycles. The van der Waals surface area contributed by atoms with E-state index in [1.807, 2.05) is 6.07 Å². The number of allylic oxidation sites excluding steroid dienone is 2. The number of nitrogens with one attached hydrogen (secondary N) is 1. The Morgan fingerprint density at radius 1 is 1.07 bits per heavy atom. The molecule has 5 heteroatoms. The summed E-state index contributed by atoms with van der Waals surface area (Å²) < 4.78 is 11.0. The van der Waals surface area contributed by atoms with Crippen LogP contribution in [0.25, 0.3) is 0 Å². The lowest BCUT2D eigenvalue weighted by molar-refractivity contribution is 0.174. The van der Waals surface area contributed by atoms with E-state index in [-0.39, 0.29) is 0 Å². The van der Waals surface area contributed by atoms with Gasteiger partial charge in [-0.1, -0.05) is 37.3 Å². The van der Waals surface area contributed by atoms with E-state index in [0.717, 1.165) is 54.7 Å². The second-order valence-electron chi connectivity index (χ2n) is 7.70. The maximum atomic E-state index is 5.83. The van der Waals surface area contributed by atoms with Gasteiger partial charge in [0.15, 0.2) is 16.6 Å². The smallest absolute Gasteiger partial charge is 0.231 e. The summed E-state index contributed by atoms with van der Waals surface area (Å²) in [6.07, 6.45) is 9.10. The van der Waals surface area contributed by atoms with Gasteiger partial charge in [0.05, 0.1) is 0 Å². The molecule has 1 unspecified atom stereocenters. The number of rotatable bonds is 6. The third-order valence-corrected chi connectivity index (χ3v) is 5.93. The van der Waals surface area contributed by atoms with Crippen LogP contribution in [0.4, 0.5) is 5.69 Å². The number of anilines is 1. The lowest BCUT2D eigenvalue weighted by atomic mass is 9.94. The highest BCUT2D eigenvalue weighted by molar-refractivity contribution is 7.80. The molecule has 1 atom stereocenters. The number of ether oxygens (including phenoxy) is 2. The lowest BCUT2D eigenvalue weighted by Gasteiger charge is -2.31. The van der Waals surface area contributed by atoms with Crippen molar-refractivity contribution in [3.05, 3.63) is 65.7 Å². The monoisotopic (exact) mass is 408 g/mol. The molecule has 152 valence electrons. The number of nitrogens with zero attached hydrogens (tertiary/aromatic N) is 1. The van der Waals surface area contributed by atoms with Gasteiger partial charge in [0.25, 0.3) is 0 Å². The van der Waals surface area contributed by atoms with E-state index in [9.17, 15) is 0 Å². The van der Waals surface area contributed by atoms with Crippen LogP contribution in [0.5, 0.6) is 11.5 Å². The molecule has 0 saturated carbocycles. The van der Waals surface area contributed by atoms with Crippen molar-refractivity contribution in [2.45, 2.75) is 39.2 Å². The normalized spacial score (nSPS) is 17.2. The Labute approximate surface area is 178 Å². The van der Waals surface area contributed by atoms with Crippen molar-refractivity contribution >= 4 is 23.0 Å². The Morgan fingerprint density at radius 3 is 2.62 bits per heavy atom. The van der Waals surface area contributed by atoms with E-state index in [1.54, 1.807) is 0 Å². The van der Waals surface area contributed by atoms with Gasteiger partial charge in [-0.15, -0.1) is 0 Å². The largest absolute Gasteiger partial charge is 0.454 e. The summed E-state index contributed by atoms with van der Waals surface area (Å²) >= 11 is 5.83. The molecule has 29 heavy (non-hydrogen) atoms. The topological polar surface area (TPSA) is 33.7 Å². The fourth-order valence-corrected chi connectivity index (χ4v) is 4.10. The van der Waals surface area contributed by atoms with Gasteiger partial charge in [-0.05, 0) is 79.2 Å². The van der Waals surface area contributed by atoms with E-state index in [0.29, 0.717) is 12.7 Å². The fourth-order valence-electron chi connectivity index (χ4n) is 3.84. The van der Waals surface area contributed by atoms with Crippen molar-refractivity contribution in [2.24, 2.45) is 5.92 Å². The Hall–Kier alpha value is -2.53. The summed E-state index contributed by atoms with van der Waals surface area (Å²) in [5.41, 5.74) is 3.53. The summed E-state index contributed by atoms with van der Waals surface area (Å²) in [7, 11) is 0. The van der Waals surface area contributed by atoms with Crippen LogP contribution in [0.15, 0.2) is 54.6 Å². The van der Waals surface area contributed by atoms with Gasteiger partial charge in [0, 0.05) is 18.8 Å². The molecule has 0 radical (unpaired) electrons. The molecule has 0 bridgehead atoms. The van der Waals surface area contributed by atoms with Crippen LogP contribution >= 0.6 is 12.2 Å². The molecule has 1 aliphatic carbocycles. The third kappa shape index (κ3) is 5.10. The number of hydrogen-bond donors (Lipinski definition) is 1. The molecule has 2 aromatic rings. The molecule has 0 fully saturated rings. The molecule has 0 aromatic heterocycles. The van der Waals surface area contributed by atoms with Crippen molar-refractivity contribution in [3.8, 4) is 11.5 Å². The molecule has 0 saturated heterocycles. The zero-order valence-electron chi connectivity index (χ0n) is 16.9. The van der Waals surface area contributed by atoms with Crippen molar-refractivity contribution in [1.82, 2.24) is 4.90 Å². The van der Waals surface area contributed by atoms with Gasteiger partial charge in [-0.3, -0.25) is 0 Å². The van der Waals surface area contributed by atoms with E-state index in [1.165, 1.54) is 17.5 Å². The highest BCUT2D eigenvalue weighted by Crippen LogP contribution is 2.33. The highest BCUT2D eigenvalue weighted by Gasteiger charge is 2.20. The minimum atomic E-state index is 0.296. The lowest BCUT2D eigenvalue weighted by Crippen LogP contribution is -2.38. The van der Waals surface area contributed by atoms with Gasteiger partial charge in [0.1, 0.15) is 0 Å². The second kappa shape index (κ2) is 9.31. The van der Waals surface area contributed by atoms with Crippen LogP contribution in [0.2, 0.25) is 0 Å². The average Bonchev–Trinajstić information content (AvgIpc) is 3.22. The molecule has 0 amide bonds. The van der Waals surface area contributed by atoms with Crippen molar-refractivity contribution < 1.29 is 9.47 Å². The molecular weight excluding hydrogens is 380 g/mol. The van der Waals surface area contributed by atoms with Gasteiger partial charge in [0.2, 0.25) is 6.79 Å². The van der Waals surface area contributed by atoms with E-state index < -0.39 is 0 Å². The van der Waals surface area contributed by atoms with Gasteiger partial charge in [-0.25, -0.2) is 0 Å². The van der Waals surface area contributed by atoms with Crippen LogP contribution in [0, 0.1) is 5.92 Å². The molecule has 4 rings (SSSR count). The Morgan fingerprint density at radius 2 is 1.86 bits per heavy atom. The van der Waals surface area contributed by atoms with Crippen molar-refractivity contribution in [1.29, 1.82) is 0 Å². The summed E-state index contributed by atoms with van der Waals surface area (Å²) in [5.74, 6) is 2.25. The number of aryl methyl sites for hydroxylation is 1. The fraction of sp³-hybridized carbons (Fsp3) is 0.375. The average molecular weight is 409 g/mol. The van der Waals surface area contributed by atoms with Gasteiger partial charge in [-0.2, -0.15) is 0 Å². The first kappa shape index (κ1) is 19.8. The maximum Gasteiger partial charge on any atom is 0.231 e. The SMILES string of the molecule is CCc1ccc(NC(=S)N(Cc2ccc3c(c2)OCO3)CC2CC=CCC2)cc1. The van der Waals surface area contributed by atoms with Gasteiger partial charge < -0.3 is 19.7 Å². The number of benzene rings is 2. The Kier molecular flexibility index (Phi) is 6.35. The zero-order valence-corrected chi connectivity index (χ0v) is 17.7. The zero-order chi connectivity index (χ0) is 20.1. The molecular formula is C24H28N2O2S. The summed E-state index contributed by atoms with van der Waals surface area (Å²) in [6, 6.07) is 14.7. The third-order valence-electron chi connectivity index (χ3n) is 5.57. The van der Waals surface area contributed by atoms with Crippen LogP contribution in [-0.4, -0.2) is 23.4 Å². The number of thiocarbonyl (C=S) groups is 1. The predicted octanol–water partition coefficient (Wildman–Crippen LogP) is 5.53. The van der Waals surface area contributed by atoms with Gasteiger partial charge >= 0.3 is 0 Å². The van der Waals surface area contributed by atoms with Crippen molar-refractivity contribution in [3.63, 3.8) is 0 Å². The number of fused-ring (bicyclic) bond motifs is 1. The Bertz CT molecular complexity index is 879. The second-order valence-corrected chi connectivity index (χ2v) is 8.09. The maximum absolute atomic E-state index is 5.83. The first-order valence-electron chi connectivity index (χ1n) is 10.4. The van der Waals surface area contributed by atoms with Crippen LogP contribution in [0.3, 0.4) is 0 Å².